The lowest BCUT2D eigenvalue weighted by Gasteiger charge is -2.11. The number of aliphatic hydroxyl groups is 1. The third kappa shape index (κ3) is 2.23. The van der Waals surface area contributed by atoms with Gasteiger partial charge in [0.25, 0.3) is 0 Å². The van der Waals surface area contributed by atoms with E-state index in [-0.39, 0.29) is 6.61 Å². The molecular formula is C14H14O2. The summed E-state index contributed by atoms with van der Waals surface area (Å²) in [7, 11) is 0. The van der Waals surface area contributed by atoms with Crippen molar-refractivity contribution >= 4 is 0 Å². The predicted octanol–water partition coefficient (Wildman–Crippen LogP) is 3.28. The Balaban J connectivity index is 2.30. The lowest BCUT2D eigenvalue weighted by atomic mass is 10.2. The summed E-state index contributed by atoms with van der Waals surface area (Å²) in [5.41, 5.74) is 1.88. The van der Waals surface area contributed by atoms with E-state index in [4.69, 9.17) is 4.74 Å². The summed E-state index contributed by atoms with van der Waals surface area (Å²) in [5.74, 6) is 1.53. The molecule has 82 valence electrons. The second-order valence-corrected chi connectivity index (χ2v) is 3.63. The van der Waals surface area contributed by atoms with Crippen LogP contribution in [0.2, 0.25) is 0 Å². The summed E-state index contributed by atoms with van der Waals surface area (Å²) in [4.78, 5) is 0. The van der Waals surface area contributed by atoms with E-state index in [0.717, 1.165) is 16.9 Å². The number of aryl methyl sites for hydroxylation is 1. The molecule has 0 heterocycles. The number of hydrogen-bond acceptors (Lipinski definition) is 2. The molecule has 2 aromatic carbocycles. The molecule has 0 radical (unpaired) electrons. The van der Waals surface area contributed by atoms with Crippen molar-refractivity contribution in [3.8, 4) is 11.5 Å². The molecule has 0 amide bonds. The van der Waals surface area contributed by atoms with Gasteiger partial charge in [-0.2, -0.15) is 0 Å². The van der Waals surface area contributed by atoms with Crippen molar-refractivity contribution in [2.45, 2.75) is 13.5 Å². The zero-order valence-corrected chi connectivity index (χ0v) is 9.18. The molecule has 0 spiro atoms. The van der Waals surface area contributed by atoms with Gasteiger partial charge in [0, 0.05) is 5.56 Å². The fourth-order valence-corrected chi connectivity index (χ4v) is 1.52. The number of hydrogen-bond donors (Lipinski definition) is 1. The first kappa shape index (κ1) is 10.7. The Bertz CT molecular complexity index is 478. The van der Waals surface area contributed by atoms with Crippen LogP contribution in [0.4, 0.5) is 0 Å². The molecule has 0 saturated heterocycles. The maximum absolute atomic E-state index is 9.19. The standard InChI is InChI=1S/C14H14O2/c1-11-6-2-4-8-13(11)16-14-9-5-3-7-12(14)10-15/h2-9,15H,10H2,1H3. The summed E-state index contributed by atoms with van der Waals surface area (Å²) in [6.07, 6.45) is 0. The lowest BCUT2D eigenvalue weighted by molar-refractivity contribution is 0.276. The summed E-state index contributed by atoms with van der Waals surface area (Å²) in [6.45, 7) is 1.99. The van der Waals surface area contributed by atoms with Gasteiger partial charge in [-0.25, -0.2) is 0 Å². The molecule has 0 aromatic heterocycles. The molecule has 0 unspecified atom stereocenters. The molecule has 16 heavy (non-hydrogen) atoms. The van der Waals surface area contributed by atoms with E-state index in [9.17, 15) is 5.11 Å². The van der Waals surface area contributed by atoms with Gasteiger partial charge >= 0.3 is 0 Å². The smallest absolute Gasteiger partial charge is 0.132 e. The SMILES string of the molecule is Cc1ccccc1Oc1ccccc1CO. The van der Waals surface area contributed by atoms with Crippen molar-refractivity contribution in [2.24, 2.45) is 0 Å². The number of aliphatic hydroxyl groups excluding tert-OH is 1. The monoisotopic (exact) mass is 214 g/mol. The van der Waals surface area contributed by atoms with Crippen LogP contribution in [0.5, 0.6) is 11.5 Å². The first-order valence-electron chi connectivity index (χ1n) is 5.23. The molecule has 2 aromatic rings. The van der Waals surface area contributed by atoms with E-state index >= 15 is 0 Å². The van der Waals surface area contributed by atoms with Gasteiger partial charge in [-0.15, -0.1) is 0 Å². The fraction of sp³-hybridized carbons (Fsp3) is 0.143. The van der Waals surface area contributed by atoms with E-state index in [2.05, 4.69) is 0 Å². The van der Waals surface area contributed by atoms with Crippen molar-refractivity contribution in [1.82, 2.24) is 0 Å². The highest BCUT2D eigenvalue weighted by Crippen LogP contribution is 2.27. The van der Waals surface area contributed by atoms with Crippen molar-refractivity contribution in [3.05, 3.63) is 59.7 Å². The Morgan fingerprint density at radius 1 is 0.938 bits per heavy atom. The van der Waals surface area contributed by atoms with Gasteiger partial charge < -0.3 is 9.84 Å². The highest BCUT2D eigenvalue weighted by Gasteiger charge is 2.04. The van der Waals surface area contributed by atoms with E-state index in [1.807, 2.05) is 55.5 Å². The first-order chi connectivity index (χ1) is 7.81. The molecule has 0 saturated carbocycles. The number of ether oxygens (including phenoxy) is 1. The van der Waals surface area contributed by atoms with Gasteiger partial charge in [0.1, 0.15) is 11.5 Å². The average Bonchev–Trinajstić information content (AvgIpc) is 2.33. The Morgan fingerprint density at radius 3 is 2.25 bits per heavy atom. The second-order valence-electron chi connectivity index (χ2n) is 3.63. The molecule has 0 atom stereocenters. The maximum atomic E-state index is 9.19. The second kappa shape index (κ2) is 4.81. The number of rotatable bonds is 3. The van der Waals surface area contributed by atoms with Crippen molar-refractivity contribution in [2.75, 3.05) is 0 Å². The first-order valence-corrected chi connectivity index (χ1v) is 5.23. The van der Waals surface area contributed by atoms with Crippen LogP contribution in [0.25, 0.3) is 0 Å². The minimum absolute atomic E-state index is 0.0119. The fourth-order valence-electron chi connectivity index (χ4n) is 1.52. The van der Waals surface area contributed by atoms with Crippen LogP contribution in [0.15, 0.2) is 48.5 Å². The quantitative estimate of drug-likeness (QED) is 0.849. The van der Waals surface area contributed by atoms with Gasteiger partial charge in [0.2, 0.25) is 0 Å². The van der Waals surface area contributed by atoms with Gasteiger partial charge in [0.15, 0.2) is 0 Å². The van der Waals surface area contributed by atoms with E-state index in [1.165, 1.54) is 0 Å². The van der Waals surface area contributed by atoms with E-state index in [1.54, 1.807) is 0 Å². The third-order valence-electron chi connectivity index (χ3n) is 2.46. The van der Waals surface area contributed by atoms with Crippen molar-refractivity contribution in [3.63, 3.8) is 0 Å². The molecule has 2 nitrogen and oxygen atoms in total. The number of para-hydroxylation sites is 2. The molecule has 0 aliphatic rings. The van der Waals surface area contributed by atoms with E-state index < -0.39 is 0 Å². The Hall–Kier alpha value is -1.80. The minimum atomic E-state index is -0.0119. The summed E-state index contributed by atoms with van der Waals surface area (Å²) >= 11 is 0. The molecule has 0 aliphatic heterocycles. The molecule has 0 bridgehead atoms. The van der Waals surface area contributed by atoms with Crippen LogP contribution < -0.4 is 4.74 Å². The summed E-state index contributed by atoms with van der Waals surface area (Å²) in [5, 5.41) is 9.19. The predicted molar refractivity (Wildman–Crippen MR) is 63.6 cm³/mol. The Labute approximate surface area is 95.1 Å². The third-order valence-corrected chi connectivity index (χ3v) is 2.46. The normalized spacial score (nSPS) is 10.1. The molecule has 2 heteroatoms. The van der Waals surface area contributed by atoms with Crippen LogP contribution in [0.3, 0.4) is 0 Å². The zero-order chi connectivity index (χ0) is 11.4. The van der Waals surface area contributed by atoms with Crippen LogP contribution in [-0.4, -0.2) is 5.11 Å². The highest BCUT2D eigenvalue weighted by molar-refractivity contribution is 5.40. The Kier molecular flexibility index (Phi) is 3.22. The van der Waals surface area contributed by atoms with Crippen LogP contribution in [0.1, 0.15) is 11.1 Å². The van der Waals surface area contributed by atoms with Crippen LogP contribution >= 0.6 is 0 Å². The maximum Gasteiger partial charge on any atom is 0.132 e. The van der Waals surface area contributed by atoms with E-state index in [0.29, 0.717) is 5.75 Å². The molecule has 0 aliphatic carbocycles. The van der Waals surface area contributed by atoms with Crippen molar-refractivity contribution < 1.29 is 9.84 Å². The topological polar surface area (TPSA) is 29.5 Å². The minimum Gasteiger partial charge on any atom is -0.457 e. The summed E-state index contributed by atoms with van der Waals surface area (Å²) < 4.78 is 5.77. The summed E-state index contributed by atoms with van der Waals surface area (Å²) in [6, 6.07) is 15.3. The molecule has 0 fully saturated rings. The van der Waals surface area contributed by atoms with Crippen molar-refractivity contribution in [1.29, 1.82) is 0 Å². The average molecular weight is 214 g/mol. The van der Waals surface area contributed by atoms with Gasteiger partial charge in [0.05, 0.1) is 6.61 Å². The highest BCUT2D eigenvalue weighted by atomic mass is 16.5. The lowest BCUT2D eigenvalue weighted by Crippen LogP contribution is -1.92. The van der Waals surface area contributed by atoms with Crippen LogP contribution in [0, 0.1) is 6.92 Å². The molecular weight excluding hydrogens is 200 g/mol. The largest absolute Gasteiger partial charge is 0.457 e. The van der Waals surface area contributed by atoms with Gasteiger partial charge in [-0.1, -0.05) is 36.4 Å². The zero-order valence-electron chi connectivity index (χ0n) is 9.18. The van der Waals surface area contributed by atoms with Crippen LogP contribution in [-0.2, 0) is 6.61 Å². The molecule has 1 N–H and O–H groups in total. The van der Waals surface area contributed by atoms with Gasteiger partial charge in [-0.05, 0) is 24.6 Å². The number of benzene rings is 2. The van der Waals surface area contributed by atoms with Gasteiger partial charge in [-0.3, -0.25) is 0 Å². The molecule has 2 rings (SSSR count). The Morgan fingerprint density at radius 2 is 1.56 bits per heavy atom.